The van der Waals surface area contributed by atoms with Gasteiger partial charge in [0.2, 0.25) is 0 Å². The van der Waals surface area contributed by atoms with Crippen molar-refractivity contribution in [3.05, 3.63) is 30.0 Å². The Hall–Kier alpha value is -2.98. The molecular weight excluding hydrogens is 354 g/mol. The number of methoxy groups -OCH3 is 2. The second-order valence-electron chi connectivity index (χ2n) is 4.60. The SMILES string of the molecule is COC(=O)/C=C(/Nc1ccc2c(c1)OC(F)(F)C(F)(F)O2)C(=O)OC. The quantitative estimate of drug-likeness (QED) is 0.498. The van der Waals surface area contributed by atoms with Crippen molar-refractivity contribution in [3.63, 3.8) is 0 Å². The van der Waals surface area contributed by atoms with Crippen molar-refractivity contribution in [1.82, 2.24) is 0 Å². The molecule has 1 aromatic rings. The number of nitrogens with one attached hydrogen (secondary N) is 1. The van der Waals surface area contributed by atoms with Crippen molar-refractivity contribution in [2.45, 2.75) is 12.2 Å². The van der Waals surface area contributed by atoms with Gasteiger partial charge in [-0.15, -0.1) is 0 Å². The summed E-state index contributed by atoms with van der Waals surface area (Å²) >= 11 is 0. The highest BCUT2D eigenvalue weighted by Crippen LogP contribution is 2.47. The minimum absolute atomic E-state index is 0.0380. The van der Waals surface area contributed by atoms with E-state index in [1.807, 2.05) is 0 Å². The number of esters is 2. The number of carbonyl (C=O) groups excluding carboxylic acids is 2. The van der Waals surface area contributed by atoms with Crippen molar-refractivity contribution in [2.24, 2.45) is 0 Å². The number of benzene rings is 1. The largest absolute Gasteiger partial charge is 0.507 e. The lowest BCUT2D eigenvalue weighted by Gasteiger charge is -2.32. The predicted octanol–water partition coefficient (Wildman–Crippen LogP) is 2.29. The molecule has 25 heavy (non-hydrogen) atoms. The van der Waals surface area contributed by atoms with Crippen LogP contribution in [0.4, 0.5) is 23.2 Å². The second-order valence-corrected chi connectivity index (χ2v) is 4.60. The van der Waals surface area contributed by atoms with E-state index in [-0.39, 0.29) is 11.4 Å². The minimum atomic E-state index is -4.88. The van der Waals surface area contributed by atoms with Crippen LogP contribution in [0.15, 0.2) is 30.0 Å². The summed E-state index contributed by atoms with van der Waals surface area (Å²) in [4.78, 5) is 22.9. The molecule has 0 bridgehead atoms. The van der Waals surface area contributed by atoms with Gasteiger partial charge in [0.25, 0.3) is 0 Å². The molecule has 0 saturated heterocycles. The summed E-state index contributed by atoms with van der Waals surface area (Å²) < 4.78 is 69.2. The molecule has 7 nitrogen and oxygen atoms in total. The third-order valence-electron chi connectivity index (χ3n) is 2.91. The van der Waals surface area contributed by atoms with Gasteiger partial charge in [0.05, 0.1) is 20.3 Å². The van der Waals surface area contributed by atoms with Gasteiger partial charge < -0.3 is 24.3 Å². The first-order valence-corrected chi connectivity index (χ1v) is 6.52. The van der Waals surface area contributed by atoms with Gasteiger partial charge in [-0.3, -0.25) is 0 Å². The molecular formula is C14H11F4NO6. The molecule has 0 unspecified atom stereocenters. The van der Waals surface area contributed by atoms with E-state index in [0.717, 1.165) is 38.5 Å². The Kier molecular flexibility index (Phi) is 4.77. The first-order valence-electron chi connectivity index (χ1n) is 6.52. The molecule has 0 fully saturated rings. The zero-order valence-corrected chi connectivity index (χ0v) is 12.8. The molecule has 1 aliphatic rings. The van der Waals surface area contributed by atoms with E-state index < -0.39 is 35.7 Å². The molecule has 0 spiro atoms. The van der Waals surface area contributed by atoms with Gasteiger partial charge in [0.1, 0.15) is 5.70 Å². The Morgan fingerprint density at radius 3 is 2.20 bits per heavy atom. The molecule has 1 heterocycles. The number of fused-ring (bicyclic) bond motifs is 1. The molecule has 0 aromatic heterocycles. The monoisotopic (exact) mass is 365 g/mol. The Morgan fingerprint density at radius 2 is 1.64 bits per heavy atom. The number of rotatable bonds is 4. The topological polar surface area (TPSA) is 83.1 Å². The van der Waals surface area contributed by atoms with Crippen molar-refractivity contribution >= 4 is 17.6 Å². The van der Waals surface area contributed by atoms with Gasteiger partial charge in [0.15, 0.2) is 11.5 Å². The highest BCUT2D eigenvalue weighted by Gasteiger charge is 2.65. The van der Waals surface area contributed by atoms with Crippen LogP contribution >= 0.6 is 0 Å². The third-order valence-corrected chi connectivity index (χ3v) is 2.91. The molecule has 0 radical (unpaired) electrons. The molecule has 0 aliphatic carbocycles. The fraction of sp³-hybridized carbons (Fsp3) is 0.286. The molecule has 136 valence electrons. The van der Waals surface area contributed by atoms with Gasteiger partial charge in [0, 0.05) is 11.8 Å². The van der Waals surface area contributed by atoms with Gasteiger partial charge in [-0.05, 0) is 12.1 Å². The van der Waals surface area contributed by atoms with E-state index in [1.165, 1.54) is 0 Å². The van der Waals surface area contributed by atoms with E-state index in [1.54, 1.807) is 0 Å². The maximum Gasteiger partial charge on any atom is 0.507 e. The van der Waals surface area contributed by atoms with Crippen LogP contribution in [0.5, 0.6) is 11.5 Å². The Morgan fingerprint density at radius 1 is 1.04 bits per heavy atom. The fourth-order valence-electron chi connectivity index (χ4n) is 1.73. The maximum atomic E-state index is 13.2. The van der Waals surface area contributed by atoms with Crippen LogP contribution in [0.3, 0.4) is 0 Å². The molecule has 1 aromatic carbocycles. The highest BCUT2D eigenvalue weighted by atomic mass is 19.3. The first kappa shape index (κ1) is 18.4. The number of hydrogen-bond acceptors (Lipinski definition) is 7. The van der Waals surface area contributed by atoms with E-state index in [4.69, 9.17) is 0 Å². The zero-order valence-electron chi connectivity index (χ0n) is 12.8. The Bertz CT molecular complexity index is 734. The average Bonchev–Trinajstić information content (AvgIpc) is 2.54. The maximum absolute atomic E-state index is 13.2. The summed E-state index contributed by atoms with van der Waals surface area (Å²) in [6.07, 6.45) is -8.96. The van der Waals surface area contributed by atoms with Crippen molar-refractivity contribution in [2.75, 3.05) is 19.5 Å². The van der Waals surface area contributed by atoms with Crippen molar-refractivity contribution in [1.29, 1.82) is 0 Å². The lowest BCUT2D eigenvalue weighted by Crippen LogP contribution is -2.52. The van der Waals surface area contributed by atoms with E-state index in [2.05, 4.69) is 24.3 Å². The third kappa shape index (κ3) is 3.75. The number of anilines is 1. The molecule has 2 rings (SSSR count). The number of halogens is 4. The summed E-state index contributed by atoms with van der Waals surface area (Å²) in [5.41, 5.74) is -0.424. The Balaban J connectivity index is 2.32. The fourth-order valence-corrected chi connectivity index (χ4v) is 1.73. The summed E-state index contributed by atoms with van der Waals surface area (Å²) in [6.45, 7) is 0. The normalized spacial score (nSPS) is 17.4. The molecule has 11 heteroatoms. The lowest BCUT2D eigenvalue weighted by atomic mass is 10.2. The van der Waals surface area contributed by atoms with Crippen LogP contribution < -0.4 is 14.8 Å². The minimum Gasteiger partial charge on any atom is -0.466 e. The smallest absolute Gasteiger partial charge is 0.466 e. The average molecular weight is 365 g/mol. The number of ether oxygens (including phenoxy) is 4. The van der Waals surface area contributed by atoms with Crippen LogP contribution in [-0.4, -0.2) is 38.4 Å². The number of hydrogen-bond donors (Lipinski definition) is 1. The number of alkyl halides is 4. The van der Waals surface area contributed by atoms with E-state index in [0.29, 0.717) is 0 Å². The summed E-state index contributed by atoms with van der Waals surface area (Å²) in [5, 5.41) is 2.41. The summed E-state index contributed by atoms with van der Waals surface area (Å²) in [5.74, 6) is -3.17. The van der Waals surface area contributed by atoms with E-state index >= 15 is 0 Å². The first-order chi connectivity index (χ1) is 11.6. The van der Waals surface area contributed by atoms with Crippen LogP contribution in [0.25, 0.3) is 0 Å². The summed E-state index contributed by atoms with van der Waals surface area (Å²) in [7, 11) is 2.11. The second kappa shape index (κ2) is 6.49. The van der Waals surface area contributed by atoms with Gasteiger partial charge in [-0.2, -0.15) is 17.6 Å². The van der Waals surface area contributed by atoms with Gasteiger partial charge in [-0.1, -0.05) is 0 Å². The van der Waals surface area contributed by atoms with Crippen molar-refractivity contribution in [3.8, 4) is 11.5 Å². The van der Waals surface area contributed by atoms with Gasteiger partial charge >= 0.3 is 24.2 Å². The zero-order chi connectivity index (χ0) is 18.8. The van der Waals surface area contributed by atoms with Crippen LogP contribution in [0.2, 0.25) is 0 Å². The molecule has 0 atom stereocenters. The standard InChI is InChI=1S/C14H11F4NO6/c1-22-11(20)6-8(12(21)23-2)19-7-3-4-9-10(5-7)25-14(17,18)13(15,16)24-9/h3-6,19H,1-2H3/b8-6+. The van der Waals surface area contributed by atoms with E-state index in [9.17, 15) is 27.2 Å². The number of carbonyl (C=O) groups is 2. The Labute approximate surface area is 138 Å². The predicted molar refractivity (Wildman–Crippen MR) is 73.3 cm³/mol. The molecule has 0 saturated carbocycles. The van der Waals surface area contributed by atoms with Crippen molar-refractivity contribution < 1.29 is 46.1 Å². The highest BCUT2D eigenvalue weighted by molar-refractivity contribution is 5.98. The summed E-state index contributed by atoms with van der Waals surface area (Å²) in [6, 6.07) is 2.94. The van der Waals surface area contributed by atoms with Crippen LogP contribution in [0.1, 0.15) is 0 Å². The van der Waals surface area contributed by atoms with Gasteiger partial charge in [-0.25, -0.2) is 9.59 Å². The van der Waals surface area contributed by atoms with Crippen LogP contribution in [-0.2, 0) is 19.1 Å². The van der Waals surface area contributed by atoms with Crippen LogP contribution in [0, 0.1) is 0 Å². The molecule has 0 amide bonds. The molecule has 1 aliphatic heterocycles. The molecule has 1 N–H and O–H groups in total. The lowest BCUT2D eigenvalue weighted by molar-refractivity contribution is -0.391.